The van der Waals surface area contributed by atoms with E-state index in [1.54, 1.807) is 17.0 Å². The Hall–Kier alpha value is -2.22. The Kier molecular flexibility index (Phi) is 4.69. The molecule has 2 heterocycles. The summed E-state index contributed by atoms with van der Waals surface area (Å²) in [7, 11) is 3.67. The van der Waals surface area contributed by atoms with E-state index in [0.717, 1.165) is 11.8 Å². The van der Waals surface area contributed by atoms with E-state index in [0.29, 0.717) is 24.0 Å². The minimum Gasteiger partial charge on any atom is -0.477 e. The Bertz CT molecular complexity index is 660. The first-order chi connectivity index (χ1) is 9.99. The number of nitrogens with zero attached hydrogens (tertiary/aromatic N) is 3. The molecule has 0 bridgehead atoms. The second kappa shape index (κ2) is 6.49. The third-order valence-electron chi connectivity index (χ3n) is 2.49. The molecule has 0 unspecified atom stereocenters. The molecule has 0 amide bonds. The monoisotopic (exact) mass is 309 g/mol. The first-order valence-electron chi connectivity index (χ1n) is 6.22. The molecular formula is C13H15N3O4S. The number of furan rings is 1. The number of carbonyl (C=O) groups is 1. The first kappa shape index (κ1) is 15.2. The second-order valence-electron chi connectivity index (χ2n) is 4.30. The summed E-state index contributed by atoms with van der Waals surface area (Å²) in [6.45, 7) is 1.88. The van der Waals surface area contributed by atoms with E-state index < -0.39 is 5.97 Å². The highest BCUT2D eigenvalue weighted by Crippen LogP contribution is 2.28. The summed E-state index contributed by atoms with van der Waals surface area (Å²) < 4.78 is 10.8. The van der Waals surface area contributed by atoms with E-state index in [1.807, 2.05) is 21.0 Å². The van der Waals surface area contributed by atoms with Crippen LogP contribution in [0, 0.1) is 0 Å². The molecule has 0 aliphatic carbocycles. The summed E-state index contributed by atoms with van der Waals surface area (Å²) >= 11 is 0.893. The zero-order chi connectivity index (χ0) is 15.4. The Morgan fingerprint density at radius 3 is 2.67 bits per heavy atom. The fourth-order valence-electron chi connectivity index (χ4n) is 1.44. The van der Waals surface area contributed by atoms with Crippen LogP contribution in [-0.2, 0) is 11.2 Å². The summed E-state index contributed by atoms with van der Waals surface area (Å²) in [5, 5.41) is 17.0. The summed E-state index contributed by atoms with van der Waals surface area (Å²) in [5.41, 5.74) is 0. The highest BCUT2D eigenvalue weighted by Gasteiger charge is 2.15. The van der Waals surface area contributed by atoms with Crippen molar-refractivity contribution in [3.63, 3.8) is 0 Å². The average molecular weight is 309 g/mol. The molecule has 0 aromatic carbocycles. The van der Waals surface area contributed by atoms with E-state index in [-0.39, 0.29) is 10.1 Å². The highest BCUT2D eigenvalue weighted by molar-refractivity contribution is 8.03. The average Bonchev–Trinajstić information content (AvgIpc) is 3.06. The molecule has 0 aliphatic heterocycles. The number of anilines is 1. The molecule has 1 N–H and O–H groups in total. The van der Waals surface area contributed by atoms with E-state index in [1.165, 1.54) is 6.08 Å². The molecule has 2 aromatic rings. The molecule has 0 aliphatic rings. The number of carboxylic acid groups (broad SMARTS) is 1. The van der Waals surface area contributed by atoms with Crippen molar-refractivity contribution in [2.24, 2.45) is 0 Å². The van der Waals surface area contributed by atoms with Crippen LogP contribution >= 0.6 is 11.8 Å². The number of carboxylic acids is 1. The van der Waals surface area contributed by atoms with Crippen LogP contribution in [0.15, 0.2) is 31.1 Å². The minimum absolute atomic E-state index is 0.0426. The van der Waals surface area contributed by atoms with Crippen LogP contribution in [0.1, 0.15) is 18.6 Å². The number of rotatable bonds is 6. The Balaban J connectivity index is 2.21. The number of aromatic nitrogens is 2. The Labute approximate surface area is 125 Å². The van der Waals surface area contributed by atoms with Gasteiger partial charge in [0.1, 0.15) is 10.7 Å². The van der Waals surface area contributed by atoms with Crippen molar-refractivity contribution >= 4 is 29.7 Å². The minimum atomic E-state index is -1.08. The number of thioether (sulfide) groups is 1. The van der Waals surface area contributed by atoms with Crippen LogP contribution in [0.3, 0.4) is 0 Å². The lowest BCUT2D eigenvalue weighted by atomic mass is 10.4. The van der Waals surface area contributed by atoms with Crippen molar-refractivity contribution in [1.82, 2.24) is 10.2 Å². The van der Waals surface area contributed by atoms with E-state index in [4.69, 9.17) is 8.83 Å². The van der Waals surface area contributed by atoms with Gasteiger partial charge in [0, 0.05) is 32.7 Å². The molecule has 0 fully saturated rings. The van der Waals surface area contributed by atoms with Crippen LogP contribution in [0.4, 0.5) is 5.88 Å². The predicted octanol–water partition coefficient (Wildman–Crippen LogP) is 2.51. The Morgan fingerprint density at radius 1 is 1.38 bits per heavy atom. The lowest BCUT2D eigenvalue weighted by Gasteiger charge is -2.06. The maximum Gasteiger partial charge on any atom is 0.342 e. The largest absolute Gasteiger partial charge is 0.477 e. The third-order valence-corrected chi connectivity index (χ3v) is 3.34. The number of hydrogen-bond donors (Lipinski definition) is 1. The molecule has 2 rings (SSSR count). The maximum atomic E-state index is 11.3. The van der Waals surface area contributed by atoms with Gasteiger partial charge in [0.25, 0.3) is 5.22 Å². The maximum absolute atomic E-state index is 11.3. The van der Waals surface area contributed by atoms with Gasteiger partial charge in [-0.2, -0.15) is 0 Å². The van der Waals surface area contributed by atoms with Crippen LogP contribution in [0.2, 0.25) is 0 Å². The third kappa shape index (κ3) is 3.88. The van der Waals surface area contributed by atoms with Crippen molar-refractivity contribution in [1.29, 1.82) is 0 Å². The van der Waals surface area contributed by atoms with Crippen LogP contribution in [0.5, 0.6) is 0 Å². The van der Waals surface area contributed by atoms with Gasteiger partial charge in [0.2, 0.25) is 5.89 Å². The molecular weight excluding hydrogens is 294 g/mol. The van der Waals surface area contributed by atoms with Crippen LogP contribution in [0.25, 0.3) is 6.08 Å². The van der Waals surface area contributed by atoms with Gasteiger partial charge in [-0.1, -0.05) is 6.92 Å². The molecule has 8 heteroatoms. The molecule has 112 valence electrons. The second-order valence-corrected chi connectivity index (χ2v) is 5.29. The molecule has 21 heavy (non-hydrogen) atoms. The van der Waals surface area contributed by atoms with E-state index in [2.05, 4.69) is 10.2 Å². The van der Waals surface area contributed by atoms with Crippen molar-refractivity contribution in [2.75, 3.05) is 19.0 Å². The zero-order valence-electron chi connectivity index (χ0n) is 11.9. The Morgan fingerprint density at radius 2 is 2.14 bits per heavy atom. The topological polar surface area (TPSA) is 92.6 Å². The summed E-state index contributed by atoms with van der Waals surface area (Å²) in [6.07, 6.45) is 2.03. The van der Waals surface area contributed by atoms with Crippen molar-refractivity contribution in [3.8, 4) is 0 Å². The van der Waals surface area contributed by atoms with Crippen molar-refractivity contribution < 1.29 is 18.7 Å². The smallest absolute Gasteiger partial charge is 0.342 e. The van der Waals surface area contributed by atoms with Gasteiger partial charge < -0.3 is 18.8 Å². The van der Waals surface area contributed by atoms with Crippen LogP contribution in [-0.4, -0.2) is 35.4 Å². The molecule has 7 nitrogen and oxygen atoms in total. The number of aliphatic carboxylic acids is 1. The lowest BCUT2D eigenvalue weighted by molar-refractivity contribution is -0.131. The molecule has 0 saturated heterocycles. The number of aryl methyl sites for hydroxylation is 1. The summed E-state index contributed by atoms with van der Waals surface area (Å²) in [5.74, 6) is 0.468. The quantitative estimate of drug-likeness (QED) is 0.642. The van der Waals surface area contributed by atoms with Gasteiger partial charge in [-0.05, 0) is 17.8 Å². The first-order valence-corrected chi connectivity index (χ1v) is 7.03. The molecule has 0 atom stereocenters. The summed E-state index contributed by atoms with van der Waals surface area (Å²) in [6, 6.07) is 3.46. The van der Waals surface area contributed by atoms with Gasteiger partial charge >= 0.3 is 5.97 Å². The normalized spacial score (nSPS) is 11.7. The standard InChI is InChI=1S/C13H15N3O4S/c1-4-10-14-15-13(20-10)21-9(12(17)18)7-8-5-6-11(19-8)16(2)3/h5-7H,4H2,1-3H3,(H,17,18)/b9-7-. The van der Waals surface area contributed by atoms with E-state index in [9.17, 15) is 9.90 Å². The summed E-state index contributed by atoms with van der Waals surface area (Å²) in [4.78, 5) is 13.1. The van der Waals surface area contributed by atoms with Crippen molar-refractivity contribution in [2.45, 2.75) is 18.6 Å². The molecule has 0 radical (unpaired) electrons. The number of hydrogen-bond acceptors (Lipinski definition) is 7. The molecule has 2 aromatic heterocycles. The lowest BCUT2D eigenvalue weighted by Crippen LogP contribution is -2.06. The van der Waals surface area contributed by atoms with Gasteiger partial charge in [-0.3, -0.25) is 0 Å². The molecule has 0 saturated carbocycles. The fraction of sp³-hybridized carbons (Fsp3) is 0.308. The van der Waals surface area contributed by atoms with Gasteiger partial charge in [-0.25, -0.2) is 4.79 Å². The highest BCUT2D eigenvalue weighted by atomic mass is 32.2. The zero-order valence-corrected chi connectivity index (χ0v) is 12.7. The van der Waals surface area contributed by atoms with Gasteiger partial charge in [-0.15, -0.1) is 10.2 Å². The van der Waals surface area contributed by atoms with Gasteiger partial charge in [0.05, 0.1) is 0 Å². The fourth-order valence-corrected chi connectivity index (χ4v) is 2.11. The van der Waals surface area contributed by atoms with Crippen molar-refractivity contribution in [3.05, 3.63) is 28.7 Å². The van der Waals surface area contributed by atoms with E-state index >= 15 is 0 Å². The SMILES string of the molecule is CCc1nnc(S/C(=C\c2ccc(N(C)C)o2)C(=O)O)o1. The molecule has 0 spiro atoms. The van der Waals surface area contributed by atoms with Gasteiger partial charge in [0.15, 0.2) is 5.88 Å². The predicted molar refractivity (Wildman–Crippen MR) is 78.2 cm³/mol. The van der Waals surface area contributed by atoms with Crippen LogP contribution < -0.4 is 4.90 Å².